The molecule has 0 radical (unpaired) electrons. The van der Waals surface area contributed by atoms with Gasteiger partial charge < -0.3 is 0 Å². The van der Waals surface area contributed by atoms with Crippen LogP contribution in [0.3, 0.4) is 0 Å². The van der Waals surface area contributed by atoms with E-state index in [-0.39, 0.29) is 0 Å². The number of rotatable bonds is 6. The molecule has 0 spiro atoms. The highest BCUT2D eigenvalue weighted by Gasteiger charge is 2.57. The van der Waals surface area contributed by atoms with Gasteiger partial charge in [-0.1, -0.05) is 61.5 Å². The third-order valence-corrected chi connectivity index (χ3v) is 5.66. The fourth-order valence-corrected chi connectivity index (χ4v) is 5.49. The Labute approximate surface area is 115 Å². The SMILES string of the molecule is C=CCC(C)(C)C(C(C)C)C(C)(C)C1C(C)C1C. The highest BCUT2D eigenvalue weighted by atomic mass is 14.6. The molecule has 0 aromatic carbocycles. The predicted octanol–water partition coefficient (Wildman–Crippen LogP) is 5.79. The number of hydrogen-bond donors (Lipinski definition) is 0. The van der Waals surface area contributed by atoms with Crippen molar-refractivity contribution in [3.05, 3.63) is 12.7 Å². The summed E-state index contributed by atoms with van der Waals surface area (Å²) in [6.07, 6.45) is 3.22. The number of hydrogen-bond acceptors (Lipinski definition) is 0. The van der Waals surface area contributed by atoms with Crippen LogP contribution in [0.1, 0.15) is 61.8 Å². The molecule has 0 nitrogen and oxygen atoms in total. The Morgan fingerprint density at radius 1 is 1.06 bits per heavy atom. The van der Waals surface area contributed by atoms with Gasteiger partial charge in [-0.2, -0.15) is 0 Å². The van der Waals surface area contributed by atoms with E-state index in [1.165, 1.54) is 0 Å². The van der Waals surface area contributed by atoms with Crippen molar-refractivity contribution in [2.75, 3.05) is 0 Å². The molecule has 0 saturated heterocycles. The Kier molecular flexibility index (Phi) is 4.41. The van der Waals surface area contributed by atoms with Crippen LogP contribution in [0.25, 0.3) is 0 Å². The first kappa shape index (κ1) is 15.8. The summed E-state index contributed by atoms with van der Waals surface area (Å²) >= 11 is 0. The summed E-state index contributed by atoms with van der Waals surface area (Å²) in [6.45, 7) is 23.5. The molecule has 1 aliphatic rings. The zero-order valence-corrected chi connectivity index (χ0v) is 13.9. The smallest absolute Gasteiger partial charge is 0.0282 e. The second-order valence-electron chi connectivity index (χ2n) is 8.27. The Balaban J connectivity index is 3.02. The molecular weight excluding hydrogens is 216 g/mol. The molecule has 3 unspecified atom stereocenters. The lowest BCUT2D eigenvalue weighted by Crippen LogP contribution is -2.41. The third-order valence-electron chi connectivity index (χ3n) is 5.66. The second kappa shape index (κ2) is 5.02. The van der Waals surface area contributed by atoms with Crippen LogP contribution >= 0.6 is 0 Å². The molecule has 18 heavy (non-hydrogen) atoms. The minimum Gasteiger partial charge on any atom is -0.103 e. The van der Waals surface area contributed by atoms with E-state index >= 15 is 0 Å². The first-order chi connectivity index (χ1) is 8.07. The molecular formula is C18H34. The van der Waals surface area contributed by atoms with Crippen molar-refractivity contribution in [3.63, 3.8) is 0 Å². The van der Waals surface area contributed by atoms with Gasteiger partial charge in [-0.25, -0.2) is 0 Å². The highest BCUT2D eigenvalue weighted by Crippen LogP contribution is 2.62. The monoisotopic (exact) mass is 250 g/mol. The summed E-state index contributed by atoms with van der Waals surface area (Å²) in [5.74, 6) is 4.19. The second-order valence-corrected chi connectivity index (χ2v) is 8.27. The summed E-state index contributed by atoms with van der Waals surface area (Å²) in [7, 11) is 0. The topological polar surface area (TPSA) is 0 Å². The zero-order valence-electron chi connectivity index (χ0n) is 13.9. The number of allylic oxidation sites excluding steroid dienone is 1. The third kappa shape index (κ3) is 2.68. The summed E-state index contributed by atoms with van der Waals surface area (Å²) < 4.78 is 0. The fraction of sp³-hybridized carbons (Fsp3) is 0.889. The van der Waals surface area contributed by atoms with Crippen LogP contribution in [-0.2, 0) is 0 Å². The molecule has 0 bridgehead atoms. The average molecular weight is 250 g/mol. The minimum atomic E-state index is 0.349. The minimum absolute atomic E-state index is 0.349. The Hall–Kier alpha value is -0.260. The van der Waals surface area contributed by atoms with Crippen molar-refractivity contribution in [1.29, 1.82) is 0 Å². The normalized spacial score (nSPS) is 30.4. The van der Waals surface area contributed by atoms with Crippen LogP contribution in [0.5, 0.6) is 0 Å². The summed E-state index contributed by atoms with van der Waals surface area (Å²) in [5.41, 5.74) is 0.779. The average Bonchev–Trinajstić information content (AvgIpc) is 2.72. The van der Waals surface area contributed by atoms with Crippen molar-refractivity contribution in [1.82, 2.24) is 0 Å². The molecule has 3 atom stereocenters. The molecule has 0 amide bonds. The van der Waals surface area contributed by atoms with E-state index in [1.54, 1.807) is 0 Å². The first-order valence-electron chi connectivity index (χ1n) is 7.68. The van der Waals surface area contributed by atoms with E-state index in [1.807, 2.05) is 0 Å². The Morgan fingerprint density at radius 3 is 1.78 bits per heavy atom. The van der Waals surface area contributed by atoms with Crippen LogP contribution < -0.4 is 0 Å². The summed E-state index contributed by atoms with van der Waals surface area (Å²) in [6, 6.07) is 0. The van der Waals surface area contributed by atoms with Gasteiger partial charge in [-0.05, 0) is 46.8 Å². The largest absolute Gasteiger partial charge is 0.103 e. The van der Waals surface area contributed by atoms with Crippen LogP contribution in [0.4, 0.5) is 0 Å². The molecule has 0 heterocycles. The van der Waals surface area contributed by atoms with E-state index in [2.05, 4.69) is 68.0 Å². The van der Waals surface area contributed by atoms with E-state index < -0.39 is 0 Å². The van der Waals surface area contributed by atoms with Gasteiger partial charge >= 0.3 is 0 Å². The molecule has 0 N–H and O–H groups in total. The Bertz CT molecular complexity index is 287. The van der Waals surface area contributed by atoms with Crippen molar-refractivity contribution in [2.45, 2.75) is 61.8 Å². The van der Waals surface area contributed by atoms with Gasteiger partial charge in [0.15, 0.2) is 0 Å². The maximum Gasteiger partial charge on any atom is -0.0282 e. The van der Waals surface area contributed by atoms with Gasteiger partial charge in [0.2, 0.25) is 0 Å². The van der Waals surface area contributed by atoms with Crippen molar-refractivity contribution in [3.8, 4) is 0 Å². The fourth-order valence-electron chi connectivity index (χ4n) is 5.49. The summed E-state index contributed by atoms with van der Waals surface area (Å²) in [4.78, 5) is 0. The van der Waals surface area contributed by atoms with Crippen LogP contribution in [0.2, 0.25) is 0 Å². The molecule has 1 fully saturated rings. The van der Waals surface area contributed by atoms with Crippen molar-refractivity contribution in [2.24, 2.45) is 40.4 Å². The van der Waals surface area contributed by atoms with Crippen molar-refractivity contribution < 1.29 is 0 Å². The summed E-state index contributed by atoms with van der Waals surface area (Å²) in [5, 5.41) is 0. The lowest BCUT2D eigenvalue weighted by molar-refractivity contribution is 0.0113. The zero-order chi connectivity index (χ0) is 14.3. The standard InChI is InChI=1S/C18H34/c1-10-11-17(6,7)16(12(2)3)18(8,9)15-13(4)14(15)5/h10,12-16H,1,11H2,2-9H3. The Morgan fingerprint density at radius 2 is 1.50 bits per heavy atom. The van der Waals surface area contributed by atoms with Crippen LogP contribution in [0.15, 0.2) is 12.7 Å². The van der Waals surface area contributed by atoms with Gasteiger partial charge in [-0.3, -0.25) is 0 Å². The van der Waals surface area contributed by atoms with Gasteiger partial charge in [0.1, 0.15) is 0 Å². The van der Waals surface area contributed by atoms with Gasteiger partial charge in [0.25, 0.3) is 0 Å². The van der Waals surface area contributed by atoms with E-state index in [0.717, 1.165) is 36.0 Å². The van der Waals surface area contributed by atoms with Gasteiger partial charge in [0, 0.05) is 0 Å². The molecule has 0 heteroatoms. The maximum absolute atomic E-state index is 3.96. The van der Waals surface area contributed by atoms with Gasteiger partial charge in [-0.15, -0.1) is 6.58 Å². The van der Waals surface area contributed by atoms with Crippen LogP contribution in [-0.4, -0.2) is 0 Å². The first-order valence-corrected chi connectivity index (χ1v) is 7.68. The van der Waals surface area contributed by atoms with Crippen molar-refractivity contribution >= 4 is 0 Å². The molecule has 106 valence electrons. The highest BCUT2D eigenvalue weighted by molar-refractivity contribution is 5.05. The quantitative estimate of drug-likeness (QED) is 0.523. The molecule has 1 rings (SSSR count). The van der Waals surface area contributed by atoms with Crippen LogP contribution in [0, 0.1) is 40.4 Å². The molecule has 0 aromatic rings. The van der Waals surface area contributed by atoms with Gasteiger partial charge in [0.05, 0.1) is 0 Å². The lowest BCUT2D eigenvalue weighted by atomic mass is 9.57. The lowest BCUT2D eigenvalue weighted by Gasteiger charge is -2.48. The molecule has 0 aromatic heterocycles. The van der Waals surface area contributed by atoms with E-state index in [9.17, 15) is 0 Å². The molecule has 1 saturated carbocycles. The molecule has 1 aliphatic carbocycles. The van der Waals surface area contributed by atoms with E-state index in [0.29, 0.717) is 10.8 Å². The maximum atomic E-state index is 3.96. The van der Waals surface area contributed by atoms with E-state index in [4.69, 9.17) is 0 Å². The molecule has 0 aliphatic heterocycles. The predicted molar refractivity (Wildman–Crippen MR) is 82.5 cm³/mol.